The van der Waals surface area contributed by atoms with Gasteiger partial charge in [-0.3, -0.25) is 4.79 Å². The Hall–Kier alpha value is -1.55. The van der Waals surface area contributed by atoms with E-state index in [0.717, 1.165) is 18.6 Å². The van der Waals surface area contributed by atoms with Crippen LogP contribution >= 0.6 is 0 Å². The van der Waals surface area contributed by atoms with Gasteiger partial charge in [0, 0.05) is 12.6 Å². The van der Waals surface area contributed by atoms with Crippen molar-refractivity contribution in [3.05, 3.63) is 29.8 Å². The molecule has 0 spiro atoms. The number of hydrogen-bond donors (Lipinski definition) is 2. The van der Waals surface area contributed by atoms with Gasteiger partial charge in [0.15, 0.2) is 0 Å². The third kappa shape index (κ3) is 7.14. The average molecular weight is 278 g/mol. The minimum absolute atomic E-state index is 0.0431. The van der Waals surface area contributed by atoms with Crippen LogP contribution in [0.15, 0.2) is 24.3 Å². The van der Waals surface area contributed by atoms with Crippen LogP contribution in [0.1, 0.15) is 32.3 Å². The predicted molar refractivity (Wildman–Crippen MR) is 82.1 cm³/mol. The highest BCUT2D eigenvalue weighted by molar-refractivity contribution is 5.78. The molecule has 0 aromatic heterocycles. The average Bonchev–Trinajstić information content (AvgIpc) is 2.38. The standard InChI is InChI=1S/C16H26N2O2/c1-4-6-14(3)18-16(19)12-17-9-10-20-15-8-5-7-13(2)11-15/h5,7-8,11,14,17H,4,6,9-10,12H2,1-3H3,(H,18,19). The maximum atomic E-state index is 11.6. The molecule has 1 unspecified atom stereocenters. The second kappa shape index (κ2) is 9.37. The number of hydrogen-bond acceptors (Lipinski definition) is 3. The first kappa shape index (κ1) is 16.5. The first-order valence-electron chi connectivity index (χ1n) is 7.31. The molecule has 4 heteroatoms. The fourth-order valence-electron chi connectivity index (χ4n) is 1.98. The van der Waals surface area contributed by atoms with Gasteiger partial charge < -0.3 is 15.4 Å². The Morgan fingerprint density at radius 2 is 2.20 bits per heavy atom. The molecule has 20 heavy (non-hydrogen) atoms. The largest absolute Gasteiger partial charge is 0.492 e. The Bertz CT molecular complexity index is 407. The SMILES string of the molecule is CCCC(C)NC(=O)CNCCOc1cccc(C)c1. The molecule has 0 radical (unpaired) electrons. The Balaban J connectivity index is 2.08. The van der Waals surface area contributed by atoms with E-state index >= 15 is 0 Å². The molecule has 0 fully saturated rings. The monoisotopic (exact) mass is 278 g/mol. The molecular weight excluding hydrogens is 252 g/mol. The maximum Gasteiger partial charge on any atom is 0.234 e. The van der Waals surface area contributed by atoms with Crippen molar-refractivity contribution in [2.45, 2.75) is 39.7 Å². The number of benzene rings is 1. The Labute approximate surface area is 121 Å². The number of rotatable bonds is 9. The van der Waals surface area contributed by atoms with Gasteiger partial charge >= 0.3 is 0 Å². The highest BCUT2D eigenvalue weighted by Gasteiger charge is 2.05. The molecule has 1 amide bonds. The zero-order chi connectivity index (χ0) is 14.8. The molecule has 112 valence electrons. The van der Waals surface area contributed by atoms with Crippen molar-refractivity contribution in [1.82, 2.24) is 10.6 Å². The lowest BCUT2D eigenvalue weighted by Crippen LogP contribution is -2.39. The molecule has 0 aliphatic rings. The lowest BCUT2D eigenvalue weighted by atomic mass is 10.2. The van der Waals surface area contributed by atoms with Gasteiger partial charge in [0.05, 0.1) is 6.54 Å². The molecule has 1 aromatic carbocycles. The Kier molecular flexibility index (Phi) is 7.73. The molecule has 1 aromatic rings. The predicted octanol–water partition coefficient (Wildman–Crippen LogP) is 2.27. The number of nitrogens with one attached hydrogen (secondary N) is 2. The van der Waals surface area contributed by atoms with Gasteiger partial charge in [-0.25, -0.2) is 0 Å². The summed E-state index contributed by atoms with van der Waals surface area (Å²) in [5.74, 6) is 0.911. The molecule has 4 nitrogen and oxygen atoms in total. The third-order valence-corrected chi connectivity index (χ3v) is 2.95. The third-order valence-electron chi connectivity index (χ3n) is 2.95. The van der Waals surface area contributed by atoms with Crippen molar-refractivity contribution >= 4 is 5.91 Å². The van der Waals surface area contributed by atoms with Crippen molar-refractivity contribution in [2.24, 2.45) is 0 Å². The Morgan fingerprint density at radius 3 is 2.90 bits per heavy atom. The summed E-state index contributed by atoms with van der Waals surface area (Å²) in [5, 5.41) is 6.04. The summed E-state index contributed by atoms with van der Waals surface area (Å²) in [5.41, 5.74) is 1.18. The summed E-state index contributed by atoms with van der Waals surface area (Å²) in [4.78, 5) is 11.6. The molecule has 2 N–H and O–H groups in total. The smallest absolute Gasteiger partial charge is 0.234 e. The highest BCUT2D eigenvalue weighted by Crippen LogP contribution is 2.11. The summed E-state index contributed by atoms with van der Waals surface area (Å²) in [7, 11) is 0. The van der Waals surface area contributed by atoms with Gasteiger partial charge in [0.2, 0.25) is 5.91 Å². The molecule has 0 aliphatic carbocycles. The lowest BCUT2D eigenvalue weighted by molar-refractivity contribution is -0.120. The van der Waals surface area contributed by atoms with Crippen LogP contribution in [0.4, 0.5) is 0 Å². The molecule has 0 saturated carbocycles. The van der Waals surface area contributed by atoms with Crippen molar-refractivity contribution < 1.29 is 9.53 Å². The second-order valence-corrected chi connectivity index (χ2v) is 5.10. The molecule has 0 saturated heterocycles. The van der Waals surface area contributed by atoms with Crippen molar-refractivity contribution in [1.29, 1.82) is 0 Å². The van der Waals surface area contributed by atoms with Crippen LogP contribution in [0, 0.1) is 6.92 Å². The number of amides is 1. The second-order valence-electron chi connectivity index (χ2n) is 5.10. The van der Waals surface area contributed by atoms with Gasteiger partial charge in [0.25, 0.3) is 0 Å². The lowest BCUT2D eigenvalue weighted by Gasteiger charge is -2.13. The van der Waals surface area contributed by atoms with Crippen LogP contribution in [0.5, 0.6) is 5.75 Å². The fraction of sp³-hybridized carbons (Fsp3) is 0.562. The summed E-state index contributed by atoms with van der Waals surface area (Å²) < 4.78 is 5.59. The zero-order valence-electron chi connectivity index (χ0n) is 12.7. The van der Waals surface area contributed by atoms with Crippen LogP contribution < -0.4 is 15.4 Å². The number of ether oxygens (including phenoxy) is 1. The van der Waals surface area contributed by atoms with E-state index in [0.29, 0.717) is 19.7 Å². The van der Waals surface area contributed by atoms with Gasteiger partial charge in [-0.2, -0.15) is 0 Å². The van der Waals surface area contributed by atoms with Gasteiger partial charge in [-0.1, -0.05) is 25.5 Å². The van der Waals surface area contributed by atoms with Crippen LogP contribution in [0.2, 0.25) is 0 Å². The van der Waals surface area contributed by atoms with Gasteiger partial charge in [0.1, 0.15) is 12.4 Å². The summed E-state index contributed by atoms with van der Waals surface area (Å²) >= 11 is 0. The van der Waals surface area contributed by atoms with Gasteiger partial charge in [-0.05, 0) is 38.0 Å². The van der Waals surface area contributed by atoms with Crippen molar-refractivity contribution in [2.75, 3.05) is 19.7 Å². The van der Waals surface area contributed by atoms with E-state index in [1.807, 2.05) is 38.1 Å². The topological polar surface area (TPSA) is 50.4 Å². The van der Waals surface area contributed by atoms with Crippen LogP contribution in [-0.2, 0) is 4.79 Å². The molecule has 1 atom stereocenters. The first-order valence-corrected chi connectivity index (χ1v) is 7.31. The highest BCUT2D eigenvalue weighted by atomic mass is 16.5. The normalized spacial score (nSPS) is 11.9. The summed E-state index contributed by atoms with van der Waals surface area (Å²) in [6.07, 6.45) is 2.10. The van der Waals surface area contributed by atoms with E-state index in [1.165, 1.54) is 5.56 Å². The number of carbonyl (C=O) groups excluding carboxylic acids is 1. The molecule has 0 aliphatic heterocycles. The zero-order valence-corrected chi connectivity index (χ0v) is 12.7. The van der Waals surface area contributed by atoms with Crippen molar-refractivity contribution in [3.63, 3.8) is 0 Å². The first-order chi connectivity index (χ1) is 9.61. The van der Waals surface area contributed by atoms with Crippen LogP contribution in [0.3, 0.4) is 0 Å². The number of carbonyl (C=O) groups is 1. The summed E-state index contributed by atoms with van der Waals surface area (Å²) in [6.45, 7) is 7.73. The quantitative estimate of drug-likeness (QED) is 0.681. The molecule has 0 bridgehead atoms. The van der Waals surface area contributed by atoms with Crippen molar-refractivity contribution in [3.8, 4) is 5.75 Å². The fourth-order valence-corrected chi connectivity index (χ4v) is 1.98. The van der Waals surface area contributed by atoms with Gasteiger partial charge in [-0.15, -0.1) is 0 Å². The van der Waals surface area contributed by atoms with Crippen LogP contribution in [0.25, 0.3) is 0 Å². The molecular formula is C16H26N2O2. The molecule has 0 heterocycles. The molecule has 1 rings (SSSR count). The van der Waals surface area contributed by atoms with Crippen LogP contribution in [-0.4, -0.2) is 31.6 Å². The minimum atomic E-state index is 0.0431. The van der Waals surface area contributed by atoms with E-state index in [4.69, 9.17) is 4.74 Å². The van der Waals surface area contributed by atoms with E-state index < -0.39 is 0 Å². The number of aryl methyl sites for hydroxylation is 1. The van der Waals surface area contributed by atoms with E-state index in [2.05, 4.69) is 17.6 Å². The van der Waals surface area contributed by atoms with E-state index in [9.17, 15) is 4.79 Å². The maximum absolute atomic E-state index is 11.6. The Morgan fingerprint density at radius 1 is 1.40 bits per heavy atom. The van der Waals surface area contributed by atoms with E-state index in [1.54, 1.807) is 0 Å². The van der Waals surface area contributed by atoms with E-state index in [-0.39, 0.29) is 11.9 Å². The minimum Gasteiger partial charge on any atom is -0.492 e. The summed E-state index contributed by atoms with van der Waals surface area (Å²) in [6, 6.07) is 8.19.